The average Bonchev–Trinajstić information content (AvgIpc) is 3.20. The minimum atomic E-state index is -0.726. The van der Waals surface area contributed by atoms with Gasteiger partial charge in [0.2, 0.25) is 0 Å². The molecule has 5 aromatic rings. The van der Waals surface area contributed by atoms with Gasteiger partial charge in [-0.25, -0.2) is 4.98 Å². The summed E-state index contributed by atoms with van der Waals surface area (Å²) in [5, 5.41) is 12.6. The number of para-hydroxylation sites is 1. The van der Waals surface area contributed by atoms with E-state index in [0.717, 1.165) is 50.9 Å². The van der Waals surface area contributed by atoms with E-state index in [1.165, 1.54) is 5.56 Å². The van der Waals surface area contributed by atoms with E-state index in [-0.39, 0.29) is 5.92 Å². The van der Waals surface area contributed by atoms with Gasteiger partial charge in [-0.2, -0.15) is 0 Å². The number of hydrogen-bond donors (Lipinski definition) is 1. The highest BCUT2D eigenvalue weighted by Crippen LogP contribution is 2.37. The highest BCUT2D eigenvalue weighted by molar-refractivity contribution is 6.30. The second-order valence-corrected chi connectivity index (χ2v) is 9.82. The normalized spacial score (nSPS) is 15.2. The minimum Gasteiger partial charge on any atom is -0.487 e. The molecule has 6 heteroatoms. The Morgan fingerprint density at radius 3 is 2.72 bits per heavy atom. The second-order valence-electron chi connectivity index (χ2n) is 9.38. The van der Waals surface area contributed by atoms with Crippen LogP contribution in [0.3, 0.4) is 0 Å². The molecule has 1 N–H and O–H groups in total. The Balaban J connectivity index is 1.33. The number of carboxylic acid groups (broad SMARTS) is 1. The number of rotatable bonds is 6. The van der Waals surface area contributed by atoms with E-state index in [1.807, 2.05) is 60.7 Å². The molecule has 0 saturated carbocycles. The van der Waals surface area contributed by atoms with E-state index in [4.69, 9.17) is 21.3 Å². The van der Waals surface area contributed by atoms with Gasteiger partial charge in [0.25, 0.3) is 0 Å². The van der Waals surface area contributed by atoms with Crippen molar-refractivity contribution in [2.24, 2.45) is 5.92 Å². The molecule has 180 valence electrons. The molecule has 3 aromatic carbocycles. The fourth-order valence-electron chi connectivity index (χ4n) is 5.22. The number of carbonyl (C=O) groups is 1. The third-order valence-electron chi connectivity index (χ3n) is 7.09. The van der Waals surface area contributed by atoms with Gasteiger partial charge >= 0.3 is 5.97 Å². The van der Waals surface area contributed by atoms with Crippen molar-refractivity contribution in [3.8, 4) is 5.75 Å². The van der Waals surface area contributed by atoms with Crippen molar-refractivity contribution < 1.29 is 14.6 Å². The number of benzene rings is 3. The molecule has 2 heterocycles. The molecule has 0 fully saturated rings. The van der Waals surface area contributed by atoms with E-state index in [2.05, 4.69) is 22.8 Å². The Hall–Kier alpha value is -3.83. The summed E-state index contributed by atoms with van der Waals surface area (Å²) >= 11 is 6.09. The first kappa shape index (κ1) is 22.6. The van der Waals surface area contributed by atoms with Gasteiger partial charge in [0.05, 0.1) is 17.1 Å². The van der Waals surface area contributed by atoms with Crippen LogP contribution in [0, 0.1) is 5.92 Å². The predicted octanol–water partition coefficient (Wildman–Crippen LogP) is 6.66. The molecule has 5 nitrogen and oxygen atoms in total. The van der Waals surface area contributed by atoms with Crippen LogP contribution in [0.5, 0.6) is 5.75 Å². The molecule has 1 atom stereocenters. The number of carboxylic acids is 1. The highest BCUT2D eigenvalue weighted by Gasteiger charge is 2.29. The van der Waals surface area contributed by atoms with Crippen LogP contribution in [-0.4, -0.2) is 20.6 Å². The summed E-state index contributed by atoms with van der Waals surface area (Å²) in [5.74, 6) is -0.305. The summed E-state index contributed by atoms with van der Waals surface area (Å²) in [7, 11) is 0. The number of halogens is 1. The maximum atomic E-state index is 11.8. The quantitative estimate of drug-likeness (QED) is 0.285. The first-order valence-electron chi connectivity index (χ1n) is 12.1. The van der Waals surface area contributed by atoms with Crippen molar-refractivity contribution in [1.82, 2.24) is 9.55 Å². The molecule has 0 spiro atoms. The smallest absolute Gasteiger partial charge is 0.306 e. The predicted molar refractivity (Wildman–Crippen MR) is 142 cm³/mol. The fraction of sp³-hybridized carbons (Fsp3) is 0.200. The van der Waals surface area contributed by atoms with Gasteiger partial charge in [0.1, 0.15) is 12.4 Å². The summed E-state index contributed by atoms with van der Waals surface area (Å²) in [5.41, 5.74) is 6.38. The number of aryl methyl sites for hydroxylation is 1. The van der Waals surface area contributed by atoms with E-state index in [0.29, 0.717) is 31.0 Å². The Labute approximate surface area is 213 Å². The molecule has 2 aromatic heterocycles. The lowest BCUT2D eigenvalue weighted by molar-refractivity contribution is -0.142. The number of pyridine rings is 1. The van der Waals surface area contributed by atoms with Gasteiger partial charge in [-0.05, 0) is 66.4 Å². The number of fused-ring (bicyclic) bond motifs is 4. The molecule has 1 aliphatic carbocycles. The molecular formula is C30H25ClN2O3. The van der Waals surface area contributed by atoms with E-state index in [9.17, 15) is 9.90 Å². The Bertz CT molecular complexity index is 1590. The van der Waals surface area contributed by atoms with Gasteiger partial charge in [-0.3, -0.25) is 4.79 Å². The van der Waals surface area contributed by atoms with Crippen LogP contribution in [-0.2, 0) is 30.8 Å². The average molecular weight is 497 g/mol. The molecule has 0 amide bonds. The third kappa shape index (κ3) is 4.31. The molecule has 0 saturated heterocycles. The molecule has 1 aliphatic rings. The molecule has 0 radical (unpaired) electrons. The van der Waals surface area contributed by atoms with E-state index >= 15 is 0 Å². The van der Waals surface area contributed by atoms with Crippen LogP contribution in [0.2, 0.25) is 5.02 Å². The summed E-state index contributed by atoms with van der Waals surface area (Å²) in [6, 6.07) is 26.1. The lowest BCUT2D eigenvalue weighted by Gasteiger charge is -2.21. The van der Waals surface area contributed by atoms with Crippen LogP contribution in [0.1, 0.15) is 28.9 Å². The zero-order valence-corrected chi connectivity index (χ0v) is 20.4. The molecule has 1 unspecified atom stereocenters. The topological polar surface area (TPSA) is 64.3 Å². The van der Waals surface area contributed by atoms with Crippen LogP contribution >= 0.6 is 11.6 Å². The van der Waals surface area contributed by atoms with Crippen LogP contribution in [0.25, 0.3) is 21.8 Å². The van der Waals surface area contributed by atoms with Crippen LogP contribution in [0.4, 0.5) is 0 Å². The van der Waals surface area contributed by atoms with Crippen molar-refractivity contribution in [2.45, 2.75) is 32.4 Å². The zero-order valence-electron chi connectivity index (χ0n) is 19.7. The van der Waals surface area contributed by atoms with Gasteiger partial charge in [0.15, 0.2) is 0 Å². The fourth-order valence-corrected chi connectivity index (χ4v) is 5.35. The number of nitrogens with zero attached hydrogens (tertiary/aromatic N) is 2. The van der Waals surface area contributed by atoms with Gasteiger partial charge < -0.3 is 14.4 Å². The van der Waals surface area contributed by atoms with Crippen LogP contribution in [0.15, 0.2) is 78.9 Å². The zero-order chi connectivity index (χ0) is 24.6. The summed E-state index contributed by atoms with van der Waals surface area (Å²) in [4.78, 5) is 16.5. The Morgan fingerprint density at radius 1 is 1.06 bits per heavy atom. The molecule has 36 heavy (non-hydrogen) atoms. The van der Waals surface area contributed by atoms with Crippen molar-refractivity contribution in [1.29, 1.82) is 0 Å². The highest BCUT2D eigenvalue weighted by atomic mass is 35.5. The first-order valence-corrected chi connectivity index (χ1v) is 12.5. The van der Waals surface area contributed by atoms with Crippen molar-refractivity contribution in [3.05, 3.63) is 106 Å². The number of aliphatic carboxylic acids is 1. The molecular weight excluding hydrogens is 472 g/mol. The standard InChI is InChI=1S/C30H25ClN2O3/c31-22-9-5-19(6-10-22)17-33-28-14-12-24(16-26(28)25-13-8-21(30(34)35)15-29(25)33)36-18-23-11-7-20-3-1-2-4-27(20)32-23/h1-7,9-12,14,16,21H,8,13,15,17-18H2,(H,34,35). The van der Waals surface area contributed by atoms with Crippen molar-refractivity contribution in [2.75, 3.05) is 0 Å². The maximum absolute atomic E-state index is 11.8. The third-order valence-corrected chi connectivity index (χ3v) is 7.34. The molecule has 6 rings (SSSR count). The van der Waals surface area contributed by atoms with Gasteiger partial charge in [0, 0.05) is 40.0 Å². The van der Waals surface area contributed by atoms with Crippen molar-refractivity contribution >= 4 is 39.4 Å². The largest absolute Gasteiger partial charge is 0.487 e. The summed E-state index contributed by atoms with van der Waals surface area (Å²) in [6.45, 7) is 1.04. The summed E-state index contributed by atoms with van der Waals surface area (Å²) in [6.07, 6.45) is 1.92. The van der Waals surface area contributed by atoms with Gasteiger partial charge in [-0.15, -0.1) is 0 Å². The minimum absolute atomic E-state index is 0.361. The number of hydrogen-bond acceptors (Lipinski definition) is 3. The summed E-state index contributed by atoms with van der Waals surface area (Å²) < 4.78 is 8.42. The van der Waals surface area contributed by atoms with Crippen LogP contribution < -0.4 is 4.74 Å². The van der Waals surface area contributed by atoms with Gasteiger partial charge in [-0.1, -0.05) is 48.0 Å². The molecule has 0 bridgehead atoms. The van der Waals surface area contributed by atoms with E-state index < -0.39 is 5.97 Å². The SMILES string of the molecule is O=C(O)C1CCc2c(n(Cc3ccc(Cl)cc3)c3ccc(OCc4ccc5ccccc5n4)cc23)C1. The first-order chi connectivity index (χ1) is 17.5. The lowest BCUT2D eigenvalue weighted by atomic mass is 9.87. The lowest BCUT2D eigenvalue weighted by Crippen LogP contribution is -2.23. The number of aromatic nitrogens is 2. The molecule has 0 aliphatic heterocycles. The van der Waals surface area contributed by atoms with E-state index in [1.54, 1.807) is 0 Å². The number of ether oxygens (including phenoxy) is 1. The Morgan fingerprint density at radius 2 is 1.89 bits per heavy atom. The Kier molecular flexibility index (Phi) is 5.86. The second kappa shape index (κ2) is 9.32. The van der Waals surface area contributed by atoms with Crippen molar-refractivity contribution in [3.63, 3.8) is 0 Å². The monoisotopic (exact) mass is 496 g/mol. The maximum Gasteiger partial charge on any atom is 0.306 e.